The number of rotatable bonds is 7. The number of carbonyl (C=O) groups is 1. The van der Waals surface area contributed by atoms with Gasteiger partial charge in [0, 0.05) is 6.54 Å². The number of hydrogen-bond acceptors (Lipinski definition) is 5. The predicted octanol–water partition coefficient (Wildman–Crippen LogP) is 1.32. The molecule has 0 radical (unpaired) electrons. The average Bonchev–Trinajstić information content (AvgIpc) is 3.03. The van der Waals surface area contributed by atoms with E-state index in [9.17, 15) is 9.90 Å². The highest BCUT2D eigenvalue weighted by atomic mass is 16.3. The molecule has 118 valence electrons. The van der Waals surface area contributed by atoms with Crippen LogP contribution in [0.5, 0.6) is 5.75 Å². The molecule has 2 N–H and O–H groups in total. The molecule has 0 bridgehead atoms. The highest BCUT2D eigenvalue weighted by molar-refractivity contribution is 5.80. The number of amides is 1. The Bertz CT molecular complexity index is 582. The third kappa shape index (κ3) is 4.03. The minimum atomic E-state index is -0.403. The standard InChI is InChI=1S/C15H21N5O2/c1-3-11(2)14(20-10-17-18-19-20)15(22)16-9-8-12-4-6-13(21)7-5-12/h4-7,10-11,14,21H,3,8-9H2,1-2H3,(H,16,22)/t11-,14-/m0/s1. The summed E-state index contributed by atoms with van der Waals surface area (Å²) in [5.74, 6) is 0.293. The van der Waals surface area contributed by atoms with Crippen molar-refractivity contribution in [2.24, 2.45) is 5.92 Å². The maximum absolute atomic E-state index is 12.4. The molecule has 0 fully saturated rings. The lowest BCUT2D eigenvalue weighted by molar-refractivity contribution is -0.126. The van der Waals surface area contributed by atoms with Crippen LogP contribution in [0.3, 0.4) is 0 Å². The van der Waals surface area contributed by atoms with Crippen LogP contribution >= 0.6 is 0 Å². The monoisotopic (exact) mass is 303 g/mol. The van der Waals surface area contributed by atoms with Crippen LogP contribution in [0.1, 0.15) is 31.9 Å². The highest BCUT2D eigenvalue weighted by Gasteiger charge is 2.26. The molecule has 0 aliphatic carbocycles. The van der Waals surface area contributed by atoms with Gasteiger partial charge in [-0.15, -0.1) is 5.10 Å². The zero-order valence-corrected chi connectivity index (χ0v) is 12.8. The number of hydrogen-bond donors (Lipinski definition) is 2. The van der Waals surface area contributed by atoms with Gasteiger partial charge in [-0.3, -0.25) is 4.79 Å². The molecule has 1 amide bonds. The minimum Gasteiger partial charge on any atom is -0.508 e. The van der Waals surface area contributed by atoms with Crippen molar-refractivity contribution in [1.82, 2.24) is 25.5 Å². The Morgan fingerprint density at radius 2 is 2.09 bits per heavy atom. The van der Waals surface area contributed by atoms with Gasteiger partial charge in [-0.05, 0) is 40.5 Å². The van der Waals surface area contributed by atoms with Crippen molar-refractivity contribution in [3.05, 3.63) is 36.2 Å². The van der Waals surface area contributed by atoms with E-state index < -0.39 is 6.04 Å². The molecular formula is C15H21N5O2. The fourth-order valence-corrected chi connectivity index (χ4v) is 2.26. The van der Waals surface area contributed by atoms with Gasteiger partial charge in [0.2, 0.25) is 5.91 Å². The summed E-state index contributed by atoms with van der Waals surface area (Å²) in [7, 11) is 0. The summed E-state index contributed by atoms with van der Waals surface area (Å²) in [6.45, 7) is 4.57. The van der Waals surface area contributed by atoms with Gasteiger partial charge in [-0.25, -0.2) is 4.68 Å². The van der Waals surface area contributed by atoms with Crippen LogP contribution < -0.4 is 5.32 Å². The molecule has 1 aromatic heterocycles. The molecule has 7 heteroatoms. The van der Waals surface area contributed by atoms with Crippen LogP contribution in [0.25, 0.3) is 0 Å². The lowest BCUT2D eigenvalue weighted by Crippen LogP contribution is -2.37. The summed E-state index contributed by atoms with van der Waals surface area (Å²) in [6, 6.07) is 6.56. The highest BCUT2D eigenvalue weighted by Crippen LogP contribution is 2.19. The van der Waals surface area contributed by atoms with Gasteiger partial charge in [-0.2, -0.15) is 0 Å². The fraction of sp³-hybridized carbons (Fsp3) is 0.467. The Kier molecular flexibility index (Phi) is 5.46. The number of benzene rings is 1. The first-order chi connectivity index (χ1) is 10.6. The fourth-order valence-electron chi connectivity index (χ4n) is 2.26. The van der Waals surface area contributed by atoms with Crippen LogP contribution in [0.2, 0.25) is 0 Å². The molecular weight excluding hydrogens is 282 g/mol. The van der Waals surface area contributed by atoms with Gasteiger partial charge in [0.15, 0.2) is 0 Å². The van der Waals surface area contributed by atoms with Crippen molar-refractivity contribution in [2.45, 2.75) is 32.7 Å². The van der Waals surface area contributed by atoms with E-state index in [-0.39, 0.29) is 17.6 Å². The van der Waals surface area contributed by atoms with Gasteiger partial charge >= 0.3 is 0 Å². The van der Waals surface area contributed by atoms with E-state index in [1.165, 1.54) is 11.0 Å². The Morgan fingerprint density at radius 3 is 2.68 bits per heavy atom. The number of phenols is 1. The van der Waals surface area contributed by atoms with E-state index in [0.717, 1.165) is 12.0 Å². The Hall–Kier alpha value is -2.44. The van der Waals surface area contributed by atoms with E-state index >= 15 is 0 Å². The molecule has 0 saturated carbocycles. The topological polar surface area (TPSA) is 92.9 Å². The molecule has 0 aliphatic rings. The zero-order valence-electron chi connectivity index (χ0n) is 12.8. The van der Waals surface area contributed by atoms with Gasteiger partial charge in [-0.1, -0.05) is 32.4 Å². The van der Waals surface area contributed by atoms with E-state index in [1.807, 2.05) is 26.0 Å². The molecule has 2 atom stereocenters. The Labute approximate surface area is 129 Å². The maximum atomic E-state index is 12.4. The number of phenolic OH excluding ortho intramolecular Hbond substituents is 1. The van der Waals surface area contributed by atoms with Gasteiger partial charge < -0.3 is 10.4 Å². The molecule has 1 aromatic carbocycles. The van der Waals surface area contributed by atoms with Gasteiger partial charge in [0.25, 0.3) is 0 Å². The molecule has 0 saturated heterocycles. The van der Waals surface area contributed by atoms with Crippen molar-refractivity contribution in [3.63, 3.8) is 0 Å². The quantitative estimate of drug-likeness (QED) is 0.805. The van der Waals surface area contributed by atoms with Crippen LogP contribution in [-0.4, -0.2) is 37.8 Å². The van der Waals surface area contributed by atoms with Crippen molar-refractivity contribution >= 4 is 5.91 Å². The normalized spacial score (nSPS) is 13.5. The first-order valence-electron chi connectivity index (χ1n) is 7.40. The molecule has 0 aliphatic heterocycles. The van der Waals surface area contributed by atoms with E-state index in [2.05, 4.69) is 20.8 Å². The number of aromatic hydroxyl groups is 1. The minimum absolute atomic E-state index is 0.0829. The first kappa shape index (κ1) is 15.9. The lowest BCUT2D eigenvalue weighted by Gasteiger charge is -2.21. The summed E-state index contributed by atoms with van der Waals surface area (Å²) < 4.78 is 1.50. The van der Waals surface area contributed by atoms with Gasteiger partial charge in [0.1, 0.15) is 18.1 Å². The molecule has 2 rings (SSSR count). The van der Waals surface area contributed by atoms with Crippen molar-refractivity contribution in [3.8, 4) is 5.75 Å². The second-order valence-electron chi connectivity index (χ2n) is 5.33. The van der Waals surface area contributed by atoms with Crippen molar-refractivity contribution in [1.29, 1.82) is 0 Å². The second-order valence-corrected chi connectivity index (χ2v) is 5.33. The largest absolute Gasteiger partial charge is 0.508 e. The number of carbonyl (C=O) groups excluding carboxylic acids is 1. The molecule has 0 spiro atoms. The third-order valence-electron chi connectivity index (χ3n) is 3.75. The summed E-state index contributed by atoms with van der Waals surface area (Å²) in [6.07, 6.45) is 3.03. The Morgan fingerprint density at radius 1 is 1.36 bits per heavy atom. The summed E-state index contributed by atoms with van der Waals surface area (Å²) in [5, 5.41) is 23.2. The smallest absolute Gasteiger partial charge is 0.245 e. The first-order valence-corrected chi connectivity index (χ1v) is 7.40. The van der Waals surface area contributed by atoms with E-state index in [4.69, 9.17) is 0 Å². The van der Waals surface area contributed by atoms with Crippen LogP contribution in [0.4, 0.5) is 0 Å². The molecule has 1 heterocycles. The summed E-state index contributed by atoms with van der Waals surface area (Å²) in [4.78, 5) is 12.4. The van der Waals surface area contributed by atoms with Gasteiger partial charge in [0.05, 0.1) is 0 Å². The molecule has 22 heavy (non-hydrogen) atoms. The van der Waals surface area contributed by atoms with Crippen LogP contribution in [0.15, 0.2) is 30.6 Å². The van der Waals surface area contributed by atoms with Crippen LogP contribution in [-0.2, 0) is 11.2 Å². The summed E-state index contributed by atoms with van der Waals surface area (Å²) in [5.41, 5.74) is 1.06. The zero-order chi connectivity index (χ0) is 15.9. The Balaban J connectivity index is 1.92. The van der Waals surface area contributed by atoms with E-state index in [0.29, 0.717) is 13.0 Å². The lowest BCUT2D eigenvalue weighted by atomic mass is 9.98. The number of nitrogens with zero attached hydrogens (tertiary/aromatic N) is 4. The molecule has 7 nitrogen and oxygen atoms in total. The number of aromatic nitrogens is 4. The molecule has 0 unspecified atom stereocenters. The van der Waals surface area contributed by atoms with Crippen molar-refractivity contribution < 1.29 is 9.90 Å². The predicted molar refractivity (Wildman–Crippen MR) is 81.1 cm³/mol. The van der Waals surface area contributed by atoms with E-state index in [1.54, 1.807) is 12.1 Å². The molecule has 2 aromatic rings. The van der Waals surface area contributed by atoms with Crippen LogP contribution in [0, 0.1) is 5.92 Å². The summed E-state index contributed by atoms with van der Waals surface area (Å²) >= 11 is 0. The SMILES string of the molecule is CC[C@H](C)[C@@H](C(=O)NCCc1ccc(O)cc1)n1cnnn1. The second kappa shape index (κ2) is 7.53. The number of nitrogens with one attached hydrogen (secondary N) is 1. The third-order valence-corrected chi connectivity index (χ3v) is 3.75. The average molecular weight is 303 g/mol. The maximum Gasteiger partial charge on any atom is 0.245 e. The number of tetrazole rings is 1. The van der Waals surface area contributed by atoms with Crippen molar-refractivity contribution in [2.75, 3.05) is 6.54 Å².